The second-order valence-corrected chi connectivity index (χ2v) is 10.6. The molecule has 0 bridgehead atoms. The highest BCUT2D eigenvalue weighted by Gasteiger charge is 2.63. The zero-order valence-corrected chi connectivity index (χ0v) is 17.3. The van der Waals surface area contributed by atoms with Crippen LogP contribution >= 0.6 is 22.7 Å². The molecule has 12 heteroatoms. The predicted octanol–water partition coefficient (Wildman–Crippen LogP) is 4.18. The third-order valence-electron chi connectivity index (χ3n) is 4.71. The molecule has 2 aromatic heterocycles. The van der Waals surface area contributed by atoms with Crippen LogP contribution < -0.4 is 4.72 Å². The number of hydrogen-bond donors (Lipinski definition) is 2. The van der Waals surface area contributed by atoms with Crippen LogP contribution in [0.4, 0.5) is 13.2 Å². The van der Waals surface area contributed by atoms with Gasteiger partial charge in [0.25, 0.3) is 10.0 Å². The number of carboxylic acid groups (broad SMARTS) is 1. The van der Waals surface area contributed by atoms with Crippen molar-refractivity contribution < 1.29 is 31.5 Å². The molecule has 1 aliphatic carbocycles. The van der Waals surface area contributed by atoms with E-state index in [9.17, 15) is 31.5 Å². The van der Waals surface area contributed by atoms with Crippen molar-refractivity contribution in [3.05, 3.63) is 59.1 Å². The van der Waals surface area contributed by atoms with E-state index in [0.29, 0.717) is 5.56 Å². The minimum Gasteiger partial charge on any atom is -0.480 e. The number of halogens is 3. The molecule has 0 aliphatic heterocycles. The largest absolute Gasteiger partial charge is 0.480 e. The van der Waals surface area contributed by atoms with E-state index in [1.807, 2.05) is 0 Å². The molecule has 0 unspecified atom stereocenters. The monoisotopic (exact) mass is 474 g/mol. The molecule has 1 saturated carbocycles. The van der Waals surface area contributed by atoms with E-state index in [2.05, 4.69) is 9.71 Å². The van der Waals surface area contributed by atoms with Gasteiger partial charge in [-0.15, -0.1) is 22.7 Å². The molecule has 158 valence electrons. The number of hydrogen-bond acceptors (Lipinski definition) is 6. The van der Waals surface area contributed by atoms with Gasteiger partial charge in [-0.2, -0.15) is 17.9 Å². The first-order valence-electron chi connectivity index (χ1n) is 8.48. The minimum absolute atomic E-state index is 0.0373. The van der Waals surface area contributed by atoms with Crippen LogP contribution in [-0.2, 0) is 21.0 Å². The van der Waals surface area contributed by atoms with Gasteiger partial charge in [0.1, 0.15) is 14.8 Å². The molecule has 0 saturated heterocycles. The van der Waals surface area contributed by atoms with Gasteiger partial charge in [0.2, 0.25) is 0 Å². The number of nitrogens with zero attached hydrogens (tertiary/aromatic N) is 1. The predicted molar refractivity (Wildman–Crippen MR) is 105 cm³/mol. The molecule has 2 N–H and O–H groups in total. The molecule has 0 spiro atoms. The van der Waals surface area contributed by atoms with Gasteiger partial charge in [-0.1, -0.05) is 30.3 Å². The second kappa shape index (κ2) is 7.15. The fourth-order valence-corrected chi connectivity index (χ4v) is 6.74. The number of alkyl halides is 3. The molecule has 4 rings (SSSR count). The van der Waals surface area contributed by atoms with Crippen LogP contribution in [0.5, 0.6) is 0 Å². The van der Waals surface area contributed by atoms with Crippen LogP contribution in [0.1, 0.15) is 23.6 Å². The smallest absolute Gasteiger partial charge is 0.434 e. The molecule has 2 atom stereocenters. The lowest BCUT2D eigenvalue weighted by Gasteiger charge is -2.14. The van der Waals surface area contributed by atoms with Crippen LogP contribution in [0, 0.1) is 0 Å². The van der Waals surface area contributed by atoms with Crippen molar-refractivity contribution in [2.45, 2.75) is 28.3 Å². The summed E-state index contributed by atoms with van der Waals surface area (Å²) < 4.78 is 66.0. The number of benzene rings is 1. The Balaban J connectivity index is 1.59. The Labute approximate surface area is 177 Å². The second-order valence-electron chi connectivity index (χ2n) is 6.70. The van der Waals surface area contributed by atoms with Crippen LogP contribution in [-0.4, -0.2) is 30.0 Å². The summed E-state index contributed by atoms with van der Waals surface area (Å²) in [6.45, 7) is 0. The molecule has 1 aromatic carbocycles. The zero-order chi connectivity index (χ0) is 21.7. The Hall–Kier alpha value is -2.28. The Morgan fingerprint density at radius 1 is 1.20 bits per heavy atom. The summed E-state index contributed by atoms with van der Waals surface area (Å²) in [5.74, 6) is -1.80. The number of thiophene rings is 1. The first kappa shape index (κ1) is 21.0. The standard InChI is InChI=1S/C18H13F3N2O4S3/c19-18(20,21)13-9-28-15(22-13)12-6-7-14(29-12)30(26,27)23-17(16(24)25)8-11(17)10-4-2-1-3-5-10/h1-7,9,11,23H,8H2,(H,24,25)/t11-,17-/m0/s1. The van der Waals surface area contributed by atoms with E-state index >= 15 is 0 Å². The molecule has 6 nitrogen and oxygen atoms in total. The van der Waals surface area contributed by atoms with Gasteiger partial charge < -0.3 is 5.11 Å². The number of thiazole rings is 1. The maximum Gasteiger partial charge on any atom is 0.434 e. The van der Waals surface area contributed by atoms with Crippen molar-refractivity contribution in [1.29, 1.82) is 0 Å². The lowest BCUT2D eigenvalue weighted by atomic mass is 10.1. The van der Waals surface area contributed by atoms with Crippen molar-refractivity contribution in [2.24, 2.45) is 0 Å². The van der Waals surface area contributed by atoms with E-state index in [4.69, 9.17) is 0 Å². The average molecular weight is 475 g/mol. The van der Waals surface area contributed by atoms with Crippen molar-refractivity contribution in [3.8, 4) is 9.88 Å². The third-order valence-corrected chi connectivity index (χ3v) is 8.81. The summed E-state index contributed by atoms with van der Waals surface area (Å²) in [4.78, 5) is 15.6. The van der Waals surface area contributed by atoms with Gasteiger partial charge in [-0.25, -0.2) is 13.4 Å². The maximum absolute atomic E-state index is 12.8. The van der Waals surface area contributed by atoms with Crippen LogP contribution in [0.2, 0.25) is 0 Å². The van der Waals surface area contributed by atoms with Crippen molar-refractivity contribution in [3.63, 3.8) is 0 Å². The molecule has 2 heterocycles. The van der Waals surface area contributed by atoms with E-state index in [-0.39, 0.29) is 20.5 Å². The number of rotatable bonds is 6. The first-order chi connectivity index (χ1) is 14.0. The van der Waals surface area contributed by atoms with Gasteiger partial charge in [0, 0.05) is 11.3 Å². The SMILES string of the molecule is O=C(O)[C@]1(NS(=O)(=O)c2ccc(-c3nc(C(F)(F)F)cs3)s2)C[C@H]1c1ccccc1. The normalized spacial score (nSPS) is 21.5. The molecule has 0 amide bonds. The summed E-state index contributed by atoms with van der Waals surface area (Å²) in [6, 6.07) is 11.3. The molecule has 0 radical (unpaired) electrons. The fourth-order valence-electron chi connectivity index (χ4n) is 3.13. The topological polar surface area (TPSA) is 96.4 Å². The molecule has 30 heavy (non-hydrogen) atoms. The number of aromatic nitrogens is 1. The summed E-state index contributed by atoms with van der Waals surface area (Å²) in [6.07, 6.45) is -4.49. The average Bonchev–Trinajstić information content (AvgIpc) is 3.05. The minimum atomic E-state index is -4.59. The van der Waals surface area contributed by atoms with Gasteiger partial charge in [-0.3, -0.25) is 4.79 Å². The molecular weight excluding hydrogens is 461 g/mol. The van der Waals surface area contributed by atoms with Gasteiger partial charge >= 0.3 is 12.1 Å². The highest BCUT2D eigenvalue weighted by molar-refractivity contribution is 7.91. The molecule has 1 aliphatic rings. The number of sulfonamides is 1. The highest BCUT2D eigenvalue weighted by Crippen LogP contribution is 2.52. The van der Waals surface area contributed by atoms with Gasteiger partial charge in [0.05, 0.1) is 4.88 Å². The summed E-state index contributed by atoms with van der Waals surface area (Å²) >= 11 is 1.48. The van der Waals surface area contributed by atoms with Crippen molar-refractivity contribution in [2.75, 3.05) is 0 Å². The van der Waals surface area contributed by atoms with Crippen molar-refractivity contribution >= 4 is 38.7 Å². The number of carbonyl (C=O) groups is 1. The Kier molecular flexibility index (Phi) is 5.00. The van der Waals surface area contributed by atoms with Crippen LogP contribution in [0.15, 0.2) is 52.1 Å². The summed E-state index contributed by atoms with van der Waals surface area (Å²) in [7, 11) is -4.21. The number of carboxylic acids is 1. The van der Waals surface area contributed by atoms with Crippen LogP contribution in [0.3, 0.4) is 0 Å². The quantitative estimate of drug-likeness (QED) is 0.559. The van der Waals surface area contributed by atoms with E-state index in [0.717, 1.165) is 28.1 Å². The van der Waals surface area contributed by atoms with E-state index in [1.54, 1.807) is 30.3 Å². The lowest BCUT2D eigenvalue weighted by Crippen LogP contribution is -2.44. The van der Waals surface area contributed by atoms with Gasteiger partial charge in [-0.05, 0) is 24.1 Å². The van der Waals surface area contributed by atoms with Gasteiger partial charge in [0.15, 0.2) is 5.69 Å². The van der Waals surface area contributed by atoms with Crippen molar-refractivity contribution in [1.82, 2.24) is 9.71 Å². The lowest BCUT2D eigenvalue weighted by molar-refractivity contribution is -0.141. The highest BCUT2D eigenvalue weighted by atomic mass is 32.2. The third kappa shape index (κ3) is 3.75. The number of nitrogens with one attached hydrogen (secondary N) is 1. The fraction of sp³-hybridized carbons (Fsp3) is 0.222. The van der Waals surface area contributed by atoms with E-state index in [1.165, 1.54) is 12.1 Å². The Morgan fingerprint density at radius 3 is 2.50 bits per heavy atom. The summed E-state index contributed by atoms with van der Waals surface area (Å²) in [5.41, 5.74) is -2.00. The molecule has 3 aromatic rings. The first-order valence-corrected chi connectivity index (χ1v) is 11.7. The molecule has 1 fully saturated rings. The zero-order valence-electron chi connectivity index (χ0n) is 14.9. The Bertz CT molecular complexity index is 1200. The van der Waals surface area contributed by atoms with Crippen LogP contribution in [0.25, 0.3) is 9.88 Å². The summed E-state index contributed by atoms with van der Waals surface area (Å²) in [5, 5.41) is 10.6. The molecular formula is C18H13F3N2O4S3. The maximum atomic E-state index is 12.8. The number of aliphatic carboxylic acids is 1. The Morgan fingerprint density at radius 2 is 1.90 bits per heavy atom. The van der Waals surface area contributed by atoms with E-state index < -0.39 is 39.3 Å².